The zero-order valence-corrected chi connectivity index (χ0v) is 24.1. The number of hydrogen-bond acceptors (Lipinski definition) is 9. The molecule has 6 rings (SSSR count). The number of fused-ring (bicyclic) bond motifs is 1. The molecule has 2 aromatic heterocycles. The zero-order chi connectivity index (χ0) is 28.3. The molecule has 41 heavy (non-hydrogen) atoms. The smallest absolute Gasteiger partial charge is 0.227 e. The molecule has 4 aromatic rings. The highest BCUT2D eigenvalue weighted by Crippen LogP contribution is 2.39. The van der Waals surface area contributed by atoms with Gasteiger partial charge >= 0.3 is 0 Å². The molecule has 0 amide bonds. The van der Waals surface area contributed by atoms with Crippen LogP contribution in [-0.2, 0) is 19.5 Å². The first-order valence-electron chi connectivity index (χ1n) is 14.1. The van der Waals surface area contributed by atoms with Crippen molar-refractivity contribution in [1.82, 2.24) is 24.4 Å². The van der Waals surface area contributed by atoms with Crippen molar-refractivity contribution in [3.8, 4) is 22.9 Å². The second kappa shape index (κ2) is 11.7. The van der Waals surface area contributed by atoms with Crippen LogP contribution in [-0.4, -0.2) is 64.9 Å². The van der Waals surface area contributed by atoms with Crippen molar-refractivity contribution in [2.75, 3.05) is 44.6 Å². The van der Waals surface area contributed by atoms with Crippen LogP contribution in [0.1, 0.15) is 36.6 Å². The molecule has 0 aliphatic carbocycles. The van der Waals surface area contributed by atoms with E-state index in [1.54, 1.807) is 27.7 Å². The fourth-order valence-electron chi connectivity index (χ4n) is 5.78. The van der Waals surface area contributed by atoms with Crippen LogP contribution in [0.5, 0.6) is 17.2 Å². The summed E-state index contributed by atoms with van der Waals surface area (Å²) in [6, 6.07) is 14.8. The summed E-state index contributed by atoms with van der Waals surface area (Å²) in [6.45, 7) is 5.87. The maximum absolute atomic E-state index is 5.54. The predicted octanol–water partition coefficient (Wildman–Crippen LogP) is 4.98. The van der Waals surface area contributed by atoms with E-state index < -0.39 is 0 Å². The molecule has 0 radical (unpaired) electrons. The van der Waals surface area contributed by atoms with Gasteiger partial charge in [-0.15, -0.1) is 0 Å². The van der Waals surface area contributed by atoms with Crippen molar-refractivity contribution in [1.29, 1.82) is 0 Å². The van der Waals surface area contributed by atoms with Gasteiger partial charge in [0.2, 0.25) is 11.7 Å². The molecule has 1 atom stereocenters. The van der Waals surface area contributed by atoms with Gasteiger partial charge in [-0.1, -0.05) is 30.3 Å². The summed E-state index contributed by atoms with van der Waals surface area (Å²) in [6.07, 6.45) is 6.89. The largest absolute Gasteiger partial charge is 0.493 e. The predicted molar refractivity (Wildman–Crippen MR) is 159 cm³/mol. The van der Waals surface area contributed by atoms with Gasteiger partial charge < -0.3 is 29.0 Å². The van der Waals surface area contributed by atoms with Crippen LogP contribution in [0.25, 0.3) is 5.69 Å². The van der Waals surface area contributed by atoms with Gasteiger partial charge in [-0.25, -0.2) is 9.97 Å². The quantitative estimate of drug-likeness (QED) is 0.307. The highest BCUT2D eigenvalue weighted by Gasteiger charge is 2.28. The molecule has 1 saturated heterocycles. The Labute approximate surface area is 240 Å². The number of nitrogens with one attached hydrogen (secondary N) is 1. The van der Waals surface area contributed by atoms with Gasteiger partial charge in [0, 0.05) is 49.9 Å². The second-order valence-corrected chi connectivity index (χ2v) is 10.6. The highest BCUT2D eigenvalue weighted by atomic mass is 16.5. The Bertz CT molecular complexity index is 1480. The Kier molecular flexibility index (Phi) is 7.65. The van der Waals surface area contributed by atoms with Gasteiger partial charge in [0.05, 0.1) is 38.9 Å². The first-order valence-corrected chi connectivity index (χ1v) is 14.1. The lowest BCUT2D eigenvalue weighted by molar-refractivity contribution is 0.241. The maximum atomic E-state index is 5.54. The van der Waals surface area contributed by atoms with E-state index in [1.165, 1.54) is 5.56 Å². The van der Waals surface area contributed by atoms with Crippen LogP contribution >= 0.6 is 0 Å². The zero-order valence-electron chi connectivity index (χ0n) is 24.1. The van der Waals surface area contributed by atoms with Crippen molar-refractivity contribution in [2.45, 2.75) is 45.3 Å². The number of methoxy groups -OCH3 is 3. The van der Waals surface area contributed by atoms with Gasteiger partial charge in [-0.2, -0.15) is 4.98 Å². The molecule has 10 nitrogen and oxygen atoms in total. The molecule has 1 N–H and O–H groups in total. The summed E-state index contributed by atoms with van der Waals surface area (Å²) in [4.78, 5) is 19.6. The molecule has 0 saturated carbocycles. The van der Waals surface area contributed by atoms with Crippen molar-refractivity contribution in [2.24, 2.45) is 0 Å². The number of nitrogens with zero attached hydrogens (tertiary/aromatic N) is 6. The number of ether oxygens (including phenoxy) is 3. The summed E-state index contributed by atoms with van der Waals surface area (Å²) in [5.74, 6) is 4.04. The minimum absolute atomic E-state index is 0.421. The van der Waals surface area contributed by atoms with E-state index >= 15 is 0 Å². The number of rotatable bonds is 9. The monoisotopic (exact) mass is 555 g/mol. The Morgan fingerprint density at radius 2 is 1.76 bits per heavy atom. The first-order chi connectivity index (χ1) is 20.1. The third kappa shape index (κ3) is 5.52. The molecule has 4 heterocycles. The van der Waals surface area contributed by atoms with Gasteiger partial charge in [0.15, 0.2) is 11.5 Å². The van der Waals surface area contributed by atoms with Gasteiger partial charge in [-0.05, 0) is 31.7 Å². The summed E-state index contributed by atoms with van der Waals surface area (Å²) in [5.41, 5.74) is 4.40. The van der Waals surface area contributed by atoms with E-state index in [0.717, 1.165) is 74.2 Å². The fraction of sp³-hybridized carbons (Fsp3) is 0.387. The Hall–Kier alpha value is -4.31. The van der Waals surface area contributed by atoms with Gasteiger partial charge in [-0.3, -0.25) is 4.90 Å². The molecule has 2 aliphatic rings. The van der Waals surface area contributed by atoms with Gasteiger partial charge in [0.1, 0.15) is 18.0 Å². The minimum Gasteiger partial charge on any atom is -0.493 e. The van der Waals surface area contributed by atoms with Crippen LogP contribution in [0.3, 0.4) is 0 Å². The van der Waals surface area contributed by atoms with Crippen molar-refractivity contribution >= 4 is 17.6 Å². The number of imidazole rings is 1. The van der Waals surface area contributed by atoms with Crippen LogP contribution in [0, 0.1) is 0 Å². The number of aromatic nitrogens is 4. The van der Waals surface area contributed by atoms with E-state index in [4.69, 9.17) is 24.2 Å². The summed E-state index contributed by atoms with van der Waals surface area (Å²) in [5, 5.41) is 3.53. The summed E-state index contributed by atoms with van der Waals surface area (Å²) < 4.78 is 18.5. The van der Waals surface area contributed by atoms with Crippen molar-refractivity contribution in [3.05, 3.63) is 71.8 Å². The van der Waals surface area contributed by atoms with E-state index in [2.05, 4.69) is 57.4 Å². The Balaban J connectivity index is 1.30. The van der Waals surface area contributed by atoms with Crippen molar-refractivity contribution in [3.63, 3.8) is 0 Å². The molecular formula is C31H37N7O3. The van der Waals surface area contributed by atoms with E-state index in [1.807, 2.05) is 22.9 Å². The third-order valence-electron chi connectivity index (χ3n) is 7.97. The van der Waals surface area contributed by atoms with E-state index in [9.17, 15) is 0 Å². The number of benzene rings is 2. The standard InChI is InChI=1S/C31H37N7O3/c1-21-9-8-13-38(21)31-33-25-18-36(17-22-10-6-5-7-11-22)14-12-24(25)30(35-31)34-28-19-37(20-32-28)23-15-26(39-2)29(41-4)27(16-23)40-3/h5-7,10-11,15-16,19-21H,8-9,12-14,17-18H2,1-4H3,(H,33,34,35)/t21-/m1/s1. The van der Waals surface area contributed by atoms with E-state index in [0.29, 0.717) is 29.1 Å². The SMILES string of the molecule is COc1cc(-n2cnc(Nc3nc(N4CCC[C@H]4C)nc4c3CCN(Cc3ccccc3)C4)c2)cc(OC)c1OC. The number of hydrogen-bond donors (Lipinski definition) is 1. The molecule has 1 fully saturated rings. The van der Waals surface area contributed by atoms with Crippen LogP contribution < -0.4 is 24.4 Å². The topological polar surface area (TPSA) is 89.8 Å². The molecule has 0 spiro atoms. The van der Waals surface area contributed by atoms with Crippen LogP contribution in [0.2, 0.25) is 0 Å². The van der Waals surface area contributed by atoms with E-state index in [-0.39, 0.29) is 0 Å². The lowest BCUT2D eigenvalue weighted by Gasteiger charge is -2.31. The third-order valence-corrected chi connectivity index (χ3v) is 7.97. The van der Waals surface area contributed by atoms with Gasteiger partial charge in [0.25, 0.3) is 0 Å². The number of anilines is 3. The Morgan fingerprint density at radius 1 is 0.976 bits per heavy atom. The van der Waals surface area contributed by atoms with Crippen LogP contribution in [0.4, 0.5) is 17.6 Å². The average molecular weight is 556 g/mol. The maximum Gasteiger partial charge on any atom is 0.227 e. The molecule has 214 valence electrons. The normalized spacial score (nSPS) is 16.9. The molecule has 2 aromatic carbocycles. The molecule has 2 aliphatic heterocycles. The lowest BCUT2D eigenvalue weighted by Crippen LogP contribution is -2.34. The Morgan fingerprint density at radius 3 is 2.44 bits per heavy atom. The highest BCUT2D eigenvalue weighted by molar-refractivity contribution is 5.62. The molecule has 10 heteroatoms. The summed E-state index contributed by atoms with van der Waals surface area (Å²) >= 11 is 0. The second-order valence-electron chi connectivity index (χ2n) is 10.6. The summed E-state index contributed by atoms with van der Waals surface area (Å²) in [7, 11) is 4.82. The molecular weight excluding hydrogens is 518 g/mol. The molecule has 0 unspecified atom stereocenters. The van der Waals surface area contributed by atoms with Crippen LogP contribution in [0.15, 0.2) is 55.0 Å². The lowest BCUT2D eigenvalue weighted by atomic mass is 10.0. The minimum atomic E-state index is 0.421. The fourth-order valence-corrected chi connectivity index (χ4v) is 5.78. The molecule has 0 bridgehead atoms. The van der Waals surface area contributed by atoms with Crippen molar-refractivity contribution < 1.29 is 14.2 Å². The average Bonchev–Trinajstić information content (AvgIpc) is 3.65. The first kappa shape index (κ1) is 26.9.